The van der Waals surface area contributed by atoms with Gasteiger partial charge in [0.2, 0.25) is 0 Å². The average molecular weight is 335 g/mol. The zero-order valence-electron chi connectivity index (χ0n) is 13.3. The second-order valence-electron chi connectivity index (χ2n) is 6.10. The molecule has 0 fully saturated rings. The van der Waals surface area contributed by atoms with Gasteiger partial charge in [0.25, 0.3) is 0 Å². The quantitative estimate of drug-likeness (QED) is 0.585. The second-order valence-corrected chi connectivity index (χ2v) is 6.97. The average Bonchev–Trinajstić information content (AvgIpc) is 2.46. The number of rotatable bonds is 4. The Balaban J connectivity index is 2.58. The molecule has 0 saturated heterocycles. The Bertz CT molecular complexity index is 643. The molecule has 2 rings (SSSR count). The van der Waals surface area contributed by atoms with Crippen LogP contribution in [0.5, 0.6) is 0 Å². The Labute approximate surface area is 142 Å². The van der Waals surface area contributed by atoms with Crippen molar-refractivity contribution in [2.24, 2.45) is 0 Å². The third kappa shape index (κ3) is 3.53. The van der Waals surface area contributed by atoms with Crippen molar-refractivity contribution in [1.29, 1.82) is 0 Å². The topological polar surface area (TPSA) is 17.1 Å². The van der Waals surface area contributed by atoms with Crippen LogP contribution in [0.3, 0.4) is 0 Å². The highest BCUT2D eigenvalue weighted by Gasteiger charge is 2.20. The molecule has 0 aliphatic carbocycles. The molecule has 2 aromatic carbocycles. The molecule has 0 N–H and O–H groups in total. The van der Waals surface area contributed by atoms with Gasteiger partial charge in [0.15, 0.2) is 5.78 Å². The second kappa shape index (κ2) is 6.85. The largest absolute Gasteiger partial charge is 0.289 e. The summed E-state index contributed by atoms with van der Waals surface area (Å²) in [6.07, 6.45) is 0. The maximum atomic E-state index is 13.0. The van der Waals surface area contributed by atoms with E-state index in [0.29, 0.717) is 21.2 Å². The molecule has 0 radical (unpaired) electrons. The van der Waals surface area contributed by atoms with Crippen molar-refractivity contribution in [3.05, 3.63) is 68.7 Å². The summed E-state index contributed by atoms with van der Waals surface area (Å²) >= 11 is 12.2. The van der Waals surface area contributed by atoms with Crippen molar-refractivity contribution in [3.8, 4) is 0 Å². The molecule has 2 aromatic rings. The number of hydrogen-bond acceptors (Lipinski definition) is 1. The Morgan fingerprint density at radius 3 is 1.45 bits per heavy atom. The van der Waals surface area contributed by atoms with Crippen molar-refractivity contribution in [1.82, 2.24) is 0 Å². The zero-order valence-corrected chi connectivity index (χ0v) is 14.8. The lowest BCUT2D eigenvalue weighted by atomic mass is 9.88. The van der Waals surface area contributed by atoms with E-state index in [1.165, 1.54) is 0 Å². The first-order valence-electron chi connectivity index (χ1n) is 7.44. The van der Waals surface area contributed by atoms with Gasteiger partial charge in [-0.25, -0.2) is 0 Å². The lowest BCUT2D eigenvalue weighted by Crippen LogP contribution is -2.10. The number of carbonyl (C=O) groups is 1. The van der Waals surface area contributed by atoms with E-state index >= 15 is 0 Å². The van der Waals surface area contributed by atoms with Crippen LogP contribution in [0.4, 0.5) is 0 Å². The summed E-state index contributed by atoms with van der Waals surface area (Å²) in [5, 5.41) is 1.31. The summed E-state index contributed by atoms with van der Waals surface area (Å²) in [5.74, 6) is 0.487. The lowest BCUT2D eigenvalue weighted by Gasteiger charge is -2.16. The smallest absolute Gasteiger partial charge is 0.193 e. The van der Waals surface area contributed by atoms with Crippen molar-refractivity contribution >= 4 is 29.0 Å². The summed E-state index contributed by atoms with van der Waals surface area (Å²) in [5.41, 5.74) is 3.37. The summed E-state index contributed by atoms with van der Waals surface area (Å²) in [4.78, 5) is 13.0. The summed E-state index contributed by atoms with van der Waals surface area (Å²) in [7, 11) is 0. The molecule has 0 aliphatic rings. The fourth-order valence-electron chi connectivity index (χ4n) is 2.58. The van der Waals surface area contributed by atoms with E-state index in [1.807, 2.05) is 24.3 Å². The Hall–Kier alpha value is -1.31. The first kappa shape index (κ1) is 17.1. The molecule has 3 heteroatoms. The molecule has 0 unspecified atom stereocenters. The van der Waals surface area contributed by atoms with Crippen LogP contribution in [0.15, 0.2) is 36.4 Å². The minimum Gasteiger partial charge on any atom is -0.289 e. The van der Waals surface area contributed by atoms with Crippen LogP contribution in [-0.2, 0) is 0 Å². The summed E-state index contributed by atoms with van der Waals surface area (Å²) in [6.45, 7) is 8.25. The first-order chi connectivity index (χ1) is 10.3. The van der Waals surface area contributed by atoms with Gasteiger partial charge in [-0.1, -0.05) is 50.9 Å². The maximum Gasteiger partial charge on any atom is 0.193 e. The van der Waals surface area contributed by atoms with Gasteiger partial charge in [-0.15, -0.1) is 0 Å². The molecule has 0 atom stereocenters. The highest BCUT2D eigenvalue weighted by molar-refractivity contribution is 6.31. The summed E-state index contributed by atoms with van der Waals surface area (Å²) < 4.78 is 0. The van der Waals surface area contributed by atoms with Crippen LogP contribution in [0.2, 0.25) is 10.0 Å². The van der Waals surface area contributed by atoms with Crippen LogP contribution < -0.4 is 0 Å². The molecule has 0 aliphatic heterocycles. The number of benzene rings is 2. The SMILES string of the molecule is CC(C)c1cc(Cl)ccc1C(=O)c1ccc(Cl)cc1C(C)C. The third-order valence-electron chi connectivity index (χ3n) is 3.76. The van der Waals surface area contributed by atoms with Crippen molar-refractivity contribution in [3.63, 3.8) is 0 Å². The standard InChI is InChI=1S/C19H20Cl2O/c1-11(2)17-9-13(20)5-7-15(17)19(22)16-8-6-14(21)10-18(16)12(3)4/h5-12H,1-4H3. The van der Waals surface area contributed by atoms with Crippen molar-refractivity contribution < 1.29 is 4.79 Å². The van der Waals surface area contributed by atoms with Gasteiger partial charge in [0.05, 0.1) is 0 Å². The molecule has 0 aromatic heterocycles. The Morgan fingerprint density at radius 1 is 0.773 bits per heavy atom. The van der Waals surface area contributed by atoms with Crippen molar-refractivity contribution in [2.75, 3.05) is 0 Å². The van der Waals surface area contributed by atoms with Gasteiger partial charge in [0.1, 0.15) is 0 Å². The van der Waals surface area contributed by atoms with Crippen molar-refractivity contribution in [2.45, 2.75) is 39.5 Å². The number of carbonyl (C=O) groups excluding carboxylic acids is 1. The molecular weight excluding hydrogens is 315 g/mol. The molecule has 1 nitrogen and oxygen atoms in total. The molecule has 22 heavy (non-hydrogen) atoms. The van der Waals surface area contributed by atoms with E-state index < -0.39 is 0 Å². The van der Waals surface area contributed by atoms with Gasteiger partial charge in [0, 0.05) is 21.2 Å². The molecule has 0 heterocycles. The highest BCUT2D eigenvalue weighted by Crippen LogP contribution is 2.29. The monoisotopic (exact) mass is 334 g/mol. The molecule has 116 valence electrons. The van der Waals surface area contributed by atoms with Crippen LogP contribution in [0.1, 0.15) is 66.6 Å². The molecule has 0 bridgehead atoms. The van der Waals surface area contributed by atoms with E-state index in [-0.39, 0.29) is 17.6 Å². The predicted molar refractivity (Wildman–Crippen MR) is 94.5 cm³/mol. The van der Waals surface area contributed by atoms with Gasteiger partial charge in [-0.2, -0.15) is 0 Å². The molecular formula is C19H20Cl2O. The lowest BCUT2D eigenvalue weighted by molar-refractivity contribution is 0.103. The van der Waals surface area contributed by atoms with E-state index in [4.69, 9.17) is 23.2 Å². The van der Waals surface area contributed by atoms with Crippen LogP contribution in [0.25, 0.3) is 0 Å². The van der Waals surface area contributed by atoms with Crippen LogP contribution in [0, 0.1) is 0 Å². The molecule has 0 spiro atoms. The van der Waals surface area contributed by atoms with Gasteiger partial charge < -0.3 is 0 Å². The normalized spacial score (nSPS) is 11.3. The van der Waals surface area contributed by atoms with Gasteiger partial charge >= 0.3 is 0 Å². The minimum atomic E-state index is 0.0285. The predicted octanol–water partition coefficient (Wildman–Crippen LogP) is 6.47. The number of halogens is 2. The van der Waals surface area contributed by atoms with E-state index in [1.54, 1.807) is 12.1 Å². The Kier molecular flexibility index (Phi) is 5.31. The maximum absolute atomic E-state index is 13.0. The fourth-order valence-corrected chi connectivity index (χ4v) is 2.94. The number of hydrogen-bond donors (Lipinski definition) is 0. The highest BCUT2D eigenvalue weighted by atomic mass is 35.5. The van der Waals surface area contributed by atoms with E-state index in [9.17, 15) is 4.79 Å². The van der Waals surface area contributed by atoms with Gasteiger partial charge in [-0.3, -0.25) is 4.79 Å². The van der Waals surface area contributed by atoms with E-state index in [2.05, 4.69) is 27.7 Å². The number of ketones is 1. The third-order valence-corrected chi connectivity index (χ3v) is 4.23. The molecule has 0 saturated carbocycles. The van der Waals surface area contributed by atoms with E-state index in [0.717, 1.165) is 11.1 Å². The fraction of sp³-hybridized carbons (Fsp3) is 0.316. The first-order valence-corrected chi connectivity index (χ1v) is 8.20. The molecule has 0 amide bonds. The van der Waals surface area contributed by atoms with Crippen LogP contribution in [-0.4, -0.2) is 5.78 Å². The minimum absolute atomic E-state index is 0.0285. The zero-order chi connectivity index (χ0) is 16.4. The summed E-state index contributed by atoms with van der Waals surface area (Å²) in [6, 6.07) is 10.9. The van der Waals surface area contributed by atoms with Crippen LogP contribution >= 0.6 is 23.2 Å². The Morgan fingerprint density at radius 2 is 1.14 bits per heavy atom. The van der Waals surface area contributed by atoms with Gasteiger partial charge in [-0.05, 0) is 59.4 Å².